The quantitative estimate of drug-likeness (QED) is 0.600. The third-order valence-electron chi connectivity index (χ3n) is 3.56. The van der Waals surface area contributed by atoms with Gasteiger partial charge in [0.15, 0.2) is 0 Å². The average Bonchev–Trinajstić information content (AvgIpc) is 2.60. The first kappa shape index (κ1) is 17.8. The molecule has 2 aromatic rings. The third-order valence-corrected chi connectivity index (χ3v) is 4.98. The highest BCUT2D eigenvalue weighted by Gasteiger charge is 2.22. The van der Waals surface area contributed by atoms with Gasteiger partial charge >= 0.3 is 0 Å². The van der Waals surface area contributed by atoms with Gasteiger partial charge in [0.05, 0.1) is 9.82 Å². The van der Waals surface area contributed by atoms with Gasteiger partial charge in [-0.25, -0.2) is 13.1 Å². The van der Waals surface area contributed by atoms with E-state index in [4.69, 9.17) is 0 Å². The Bertz CT molecular complexity index is 825. The van der Waals surface area contributed by atoms with Gasteiger partial charge in [0.25, 0.3) is 5.69 Å². The van der Waals surface area contributed by atoms with Crippen molar-refractivity contribution in [3.05, 3.63) is 58.4 Å². The Kier molecular flexibility index (Phi) is 5.47. The number of likely N-dealkylation sites (N-methyl/N-ethyl adjacent to an activating group) is 1. The van der Waals surface area contributed by atoms with Crippen molar-refractivity contribution in [3.8, 4) is 0 Å². The van der Waals surface area contributed by atoms with E-state index >= 15 is 0 Å². The Morgan fingerprint density at radius 1 is 1.29 bits per heavy atom. The molecule has 0 amide bonds. The lowest BCUT2D eigenvalue weighted by Crippen LogP contribution is -2.23. The predicted molar refractivity (Wildman–Crippen MR) is 90.6 cm³/mol. The highest BCUT2D eigenvalue weighted by molar-refractivity contribution is 7.89. The van der Waals surface area contributed by atoms with E-state index < -0.39 is 14.9 Å². The van der Waals surface area contributed by atoms with Crippen LogP contribution in [0.4, 0.5) is 11.4 Å². The number of nitrogens with zero attached hydrogens (tertiary/aromatic N) is 3. The number of aromatic nitrogens is 1. The summed E-state index contributed by atoms with van der Waals surface area (Å²) in [6.07, 6.45) is 2.31. The molecule has 1 N–H and O–H groups in total. The molecule has 8 nitrogen and oxygen atoms in total. The van der Waals surface area contributed by atoms with Crippen LogP contribution in [-0.2, 0) is 16.4 Å². The molecule has 0 radical (unpaired) electrons. The molecule has 0 saturated heterocycles. The van der Waals surface area contributed by atoms with Crippen molar-refractivity contribution in [1.82, 2.24) is 9.71 Å². The van der Waals surface area contributed by atoms with E-state index in [0.717, 1.165) is 11.8 Å². The first-order valence-corrected chi connectivity index (χ1v) is 8.66. The monoisotopic (exact) mass is 350 g/mol. The van der Waals surface area contributed by atoms with Crippen molar-refractivity contribution in [2.45, 2.75) is 11.3 Å². The van der Waals surface area contributed by atoms with Gasteiger partial charge in [0.2, 0.25) is 10.0 Å². The van der Waals surface area contributed by atoms with Gasteiger partial charge in [0, 0.05) is 38.0 Å². The van der Waals surface area contributed by atoms with Crippen LogP contribution in [0.1, 0.15) is 5.69 Å². The molecule has 0 saturated carbocycles. The van der Waals surface area contributed by atoms with Gasteiger partial charge < -0.3 is 4.90 Å². The topological polar surface area (TPSA) is 105 Å². The fraction of sp³-hybridized carbons (Fsp3) is 0.267. The minimum absolute atomic E-state index is 0.140. The highest BCUT2D eigenvalue weighted by Crippen LogP contribution is 2.30. The average molecular weight is 350 g/mol. The lowest BCUT2D eigenvalue weighted by molar-refractivity contribution is -0.384. The van der Waals surface area contributed by atoms with Crippen molar-refractivity contribution in [2.75, 3.05) is 25.5 Å². The Balaban J connectivity index is 2.27. The maximum absolute atomic E-state index is 11.8. The molecule has 0 aliphatic heterocycles. The molecule has 1 aromatic heterocycles. The molecule has 0 spiro atoms. The van der Waals surface area contributed by atoms with E-state index in [2.05, 4.69) is 9.71 Å². The van der Waals surface area contributed by atoms with Crippen molar-refractivity contribution in [3.63, 3.8) is 0 Å². The van der Waals surface area contributed by atoms with Crippen molar-refractivity contribution in [2.24, 2.45) is 0 Å². The van der Waals surface area contributed by atoms with Crippen LogP contribution in [0.3, 0.4) is 0 Å². The van der Waals surface area contributed by atoms with Crippen molar-refractivity contribution >= 4 is 21.4 Å². The molecular weight excluding hydrogens is 332 g/mol. The van der Waals surface area contributed by atoms with Gasteiger partial charge in [-0.15, -0.1) is 0 Å². The van der Waals surface area contributed by atoms with E-state index in [-0.39, 0.29) is 10.6 Å². The fourth-order valence-corrected chi connectivity index (χ4v) is 2.96. The third kappa shape index (κ3) is 4.06. The molecule has 0 fully saturated rings. The van der Waals surface area contributed by atoms with Crippen LogP contribution < -0.4 is 9.62 Å². The number of anilines is 1. The standard InChI is InChI=1S/C15H18N4O4S/c1-16-24(22,23)13-6-7-14(15(11-13)19(20)21)18(2)10-8-12-5-3-4-9-17-12/h3-7,9,11,16H,8,10H2,1-2H3. The number of hydrogen-bond donors (Lipinski definition) is 1. The number of pyridine rings is 1. The van der Waals surface area contributed by atoms with Crippen molar-refractivity contribution < 1.29 is 13.3 Å². The second-order valence-electron chi connectivity index (χ2n) is 5.11. The molecule has 9 heteroatoms. The molecule has 0 atom stereocenters. The second kappa shape index (κ2) is 7.37. The molecule has 0 aliphatic carbocycles. The number of benzene rings is 1. The molecule has 24 heavy (non-hydrogen) atoms. The zero-order valence-corrected chi connectivity index (χ0v) is 14.2. The van der Waals surface area contributed by atoms with E-state index in [9.17, 15) is 18.5 Å². The zero-order valence-electron chi connectivity index (χ0n) is 13.3. The lowest BCUT2D eigenvalue weighted by Gasteiger charge is -2.19. The summed E-state index contributed by atoms with van der Waals surface area (Å²) in [4.78, 5) is 16.5. The number of nitro groups is 1. The van der Waals surface area contributed by atoms with Gasteiger partial charge in [-0.3, -0.25) is 15.1 Å². The van der Waals surface area contributed by atoms with Gasteiger partial charge in [-0.1, -0.05) is 6.07 Å². The number of rotatable bonds is 7. The van der Waals surface area contributed by atoms with E-state index in [0.29, 0.717) is 18.7 Å². The Morgan fingerprint density at radius 3 is 2.62 bits per heavy atom. The van der Waals surface area contributed by atoms with Crippen LogP contribution in [-0.4, -0.2) is 39.0 Å². The van der Waals surface area contributed by atoms with Gasteiger partial charge in [0.1, 0.15) is 5.69 Å². The van der Waals surface area contributed by atoms with Crippen LogP contribution in [0, 0.1) is 10.1 Å². The van der Waals surface area contributed by atoms with E-state index in [1.807, 2.05) is 18.2 Å². The zero-order chi connectivity index (χ0) is 17.7. The van der Waals surface area contributed by atoms with E-state index in [1.165, 1.54) is 19.2 Å². The summed E-state index contributed by atoms with van der Waals surface area (Å²) in [6.45, 7) is 0.510. The van der Waals surface area contributed by atoms with Crippen LogP contribution >= 0.6 is 0 Å². The van der Waals surface area contributed by atoms with Crippen LogP contribution in [0.25, 0.3) is 0 Å². The molecule has 0 aliphatic rings. The highest BCUT2D eigenvalue weighted by atomic mass is 32.2. The summed E-state index contributed by atoms with van der Waals surface area (Å²) in [7, 11) is -0.757. The molecule has 2 rings (SSSR count). The van der Waals surface area contributed by atoms with Crippen LogP contribution in [0.5, 0.6) is 0 Å². The minimum atomic E-state index is -3.73. The SMILES string of the molecule is CNS(=O)(=O)c1ccc(N(C)CCc2ccccn2)c([N+](=O)[O-])c1. The lowest BCUT2D eigenvalue weighted by atomic mass is 10.2. The summed E-state index contributed by atoms with van der Waals surface area (Å²) in [5.74, 6) is 0. The predicted octanol–water partition coefficient (Wildman–Crippen LogP) is 1.58. The van der Waals surface area contributed by atoms with Crippen LogP contribution in [0.15, 0.2) is 47.5 Å². The molecule has 128 valence electrons. The summed E-state index contributed by atoms with van der Waals surface area (Å²) in [5, 5.41) is 11.3. The summed E-state index contributed by atoms with van der Waals surface area (Å²) >= 11 is 0. The molecule has 1 aromatic carbocycles. The second-order valence-corrected chi connectivity index (χ2v) is 6.99. The molecule has 1 heterocycles. The molecular formula is C15H18N4O4S. The molecule has 0 unspecified atom stereocenters. The number of nitrogens with one attached hydrogen (secondary N) is 1. The fourth-order valence-electron chi connectivity index (χ4n) is 2.21. The smallest absolute Gasteiger partial charge is 0.293 e. The van der Waals surface area contributed by atoms with Gasteiger partial charge in [-0.05, 0) is 31.3 Å². The van der Waals surface area contributed by atoms with E-state index in [1.54, 1.807) is 18.1 Å². The molecule has 0 bridgehead atoms. The normalized spacial score (nSPS) is 11.2. The number of nitro benzene ring substituents is 1. The first-order chi connectivity index (χ1) is 11.3. The number of sulfonamides is 1. The van der Waals surface area contributed by atoms with Gasteiger partial charge in [-0.2, -0.15) is 0 Å². The minimum Gasteiger partial charge on any atom is -0.369 e. The van der Waals surface area contributed by atoms with Crippen molar-refractivity contribution in [1.29, 1.82) is 0 Å². The van der Waals surface area contributed by atoms with Crippen LogP contribution in [0.2, 0.25) is 0 Å². The maximum atomic E-state index is 11.8. The summed E-state index contributed by atoms with van der Waals surface area (Å²) in [5.41, 5.74) is 0.974. The summed E-state index contributed by atoms with van der Waals surface area (Å²) in [6, 6.07) is 9.44. The maximum Gasteiger partial charge on any atom is 0.293 e. The number of hydrogen-bond acceptors (Lipinski definition) is 6. The Morgan fingerprint density at radius 2 is 2.04 bits per heavy atom. The largest absolute Gasteiger partial charge is 0.369 e. The Hall–Kier alpha value is -2.52. The first-order valence-electron chi connectivity index (χ1n) is 7.18. The Labute approximate surface area is 140 Å². The summed E-state index contributed by atoms with van der Waals surface area (Å²) < 4.78 is 25.8.